The number of carboxylic acid groups (broad SMARTS) is 1. The fraction of sp³-hybridized carbons (Fsp3) is 0.894. The summed E-state index contributed by atoms with van der Waals surface area (Å²) < 4.78 is 6.20. The minimum atomic E-state index is -1.14. The summed E-state index contributed by atoms with van der Waals surface area (Å²) in [5, 5.41) is 9.63. The topological polar surface area (TPSA) is 87.2 Å². The number of rotatable bonds is 13. The highest BCUT2D eigenvalue weighted by atomic mass is 16.5. The first-order chi connectivity index (χ1) is 25.2. The Morgan fingerprint density at radius 1 is 0.852 bits per heavy atom. The summed E-state index contributed by atoms with van der Waals surface area (Å²) in [7, 11) is 4.39. The third-order valence-electron chi connectivity index (χ3n) is 17.1. The highest BCUT2D eigenvalue weighted by Gasteiger charge is 2.66. The van der Waals surface area contributed by atoms with Gasteiger partial charge in [-0.2, -0.15) is 0 Å². The fourth-order valence-electron chi connectivity index (χ4n) is 14.3. The van der Waals surface area contributed by atoms with Crippen LogP contribution >= 0.6 is 0 Å². The SMILES string of the molecule is CC(C)C1=C2C3CCC4C(C)(CCC5C(C)(C)C(OC(=O)CC(C)(C)C(=O)O)CCC54C)C3CCC2(CCN(CCN(C)C)CC2CCCCC2)CC1=O. The molecular formula is C47H78N2O5. The molecular weight excluding hydrogens is 673 g/mol. The number of ether oxygens (including phenoxy) is 1. The van der Waals surface area contributed by atoms with E-state index in [1.54, 1.807) is 19.4 Å². The summed E-state index contributed by atoms with van der Waals surface area (Å²) in [5.41, 5.74) is 1.94. The smallest absolute Gasteiger partial charge is 0.309 e. The number of allylic oxidation sites excluding steroid dienone is 2. The Morgan fingerprint density at radius 3 is 2.19 bits per heavy atom. The molecule has 6 aliphatic rings. The summed E-state index contributed by atoms with van der Waals surface area (Å²) in [4.78, 5) is 44.2. The lowest BCUT2D eigenvalue weighted by atomic mass is 9.36. The number of esters is 1. The van der Waals surface area contributed by atoms with E-state index in [1.165, 1.54) is 69.9 Å². The molecule has 0 radical (unpaired) electrons. The Morgan fingerprint density at radius 2 is 1.54 bits per heavy atom. The first kappa shape index (κ1) is 41.9. The predicted molar refractivity (Wildman–Crippen MR) is 217 cm³/mol. The number of likely N-dealkylation sites (N-methyl/N-ethyl adjacent to an activating group) is 1. The van der Waals surface area contributed by atoms with Crippen molar-refractivity contribution < 1.29 is 24.2 Å². The highest BCUT2D eigenvalue weighted by Crippen LogP contribution is 2.73. The third-order valence-corrected chi connectivity index (χ3v) is 17.1. The zero-order valence-corrected chi connectivity index (χ0v) is 36.2. The molecule has 5 saturated carbocycles. The second kappa shape index (κ2) is 15.6. The second-order valence-corrected chi connectivity index (χ2v) is 21.9. The monoisotopic (exact) mass is 751 g/mol. The number of hydrogen-bond acceptors (Lipinski definition) is 6. The van der Waals surface area contributed by atoms with Crippen LogP contribution in [0.3, 0.4) is 0 Å². The summed E-state index contributed by atoms with van der Waals surface area (Å²) in [5.74, 6) is 2.38. The van der Waals surface area contributed by atoms with E-state index in [0.717, 1.165) is 64.1 Å². The summed E-state index contributed by atoms with van der Waals surface area (Å²) in [6.07, 6.45) is 17.5. The van der Waals surface area contributed by atoms with Crippen molar-refractivity contribution in [3.8, 4) is 0 Å². The van der Waals surface area contributed by atoms with Crippen molar-refractivity contribution in [3.05, 3.63) is 11.1 Å². The predicted octanol–water partition coefficient (Wildman–Crippen LogP) is 9.82. The van der Waals surface area contributed by atoms with Crippen LogP contribution in [0.15, 0.2) is 11.1 Å². The zero-order chi connectivity index (χ0) is 39.4. The number of Topliss-reactive ketones (excluding diaryl/α,β-unsaturated/α-hetero) is 1. The van der Waals surface area contributed by atoms with E-state index in [1.807, 2.05) is 0 Å². The quantitative estimate of drug-likeness (QED) is 0.188. The summed E-state index contributed by atoms with van der Waals surface area (Å²) >= 11 is 0. The molecule has 54 heavy (non-hydrogen) atoms. The maximum Gasteiger partial charge on any atom is 0.309 e. The lowest BCUT2D eigenvalue weighted by molar-refractivity contribution is -0.214. The van der Waals surface area contributed by atoms with Gasteiger partial charge in [0, 0.05) is 36.9 Å². The Kier molecular flexibility index (Phi) is 12.1. The largest absolute Gasteiger partial charge is 0.481 e. The van der Waals surface area contributed by atoms with Gasteiger partial charge in [0.25, 0.3) is 0 Å². The van der Waals surface area contributed by atoms with Crippen LogP contribution in [0.2, 0.25) is 0 Å². The van der Waals surface area contributed by atoms with E-state index in [0.29, 0.717) is 29.5 Å². The van der Waals surface area contributed by atoms with Crippen LogP contribution in [-0.4, -0.2) is 79.0 Å². The van der Waals surface area contributed by atoms with E-state index >= 15 is 0 Å². The van der Waals surface area contributed by atoms with Crippen molar-refractivity contribution in [3.63, 3.8) is 0 Å². The molecule has 6 rings (SSSR count). The molecule has 6 aliphatic carbocycles. The Hall–Kier alpha value is -1.73. The van der Waals surface area contributed by atoms with Crippen molar-refractivity contribution >= 4 is 17.7 Å². The number of fused-ring (bicyclic) bond motifs is 7. The average molecular weight is 751 g/mol. The molecule has 1 N–H and O–H groups in total. The van der Waals surface area contributed by atoms with Crippen LogP contribution < -0.4 is 0 Å². The molecule has 0 bridgehead atoms. The molecule has 7 heteroatoms. The maximum absolute atomic E-state index is 14.2. The summed E-state index contributed by atoms with van der Waals surface area (Å²) in [6.45, 7) is 22.2. The molecule has 7 nitrogen and oxygen atoms in total. The number of carbonyl (C=O) groups excluding carboxylic acids is 2. The van der Waals surface area contributed by atoms with Crippen molar-refractivity contribution in [2.75, 3.05) is 40.3 Å². The molecule has 5 fully saturated rings. The number of ketones is 1. The maximum atomic E-state index is 14.2. The number of hydrogen-bond donors (Lipinski definition) is 1. The van der Waals surface area contributed by atoms with Crippen molar-refractivity contribution in [2.45, 2.75) is 164 Å². The van der Waals surface area contributed by atoms with E-state index in [9.17, 15) is 19.5 Å². The minimum absolute atomic E-state index is 0.0320. The van der Waals surface area contributed by atoms with Gasteiger partial charge in [-0.25, -0.2) is 0 Å². The highest BCUT2D eigenvalue weighted by molar-refractivity contribution is 6.00. The number of carbonyl (C=O) groups is 3. The van der Waals surface area contributed by atoms with Gasteiger partial charge in [-0.15, -0.1) is 0 Å². The number of aliphatic carboxylic acids is 1. The molecule has 0 heterocycles. The van der Waals surface area contributed by atoms with Gasteiger partial charge in [0.1, 0.15) is 6.10 Å². The van der Waals surface area contributed by atoms with Gasteiger partial charge in [-0.1, -0.05) is 66.4 Å². The molecule has 0 spiro atoms. The first-order valence-electron chi connectivity index (χ1n) is 22.3. The molecule has 0 aliphatic heterocycles. The van der Waals surface area contributed by atoms with Gasteiger partial charge < -0.3 is 19.6 Å². The normalized spacial score (nSPS) is 36.9. The van der Waals surface area contributed by atoms with Crippen LogP contribution in [0.25, 0.3) is 0 Å². The van der Waals surface area contributed by atoms with Gasteiger partial charge >= 0.3 is 11.9 Å². The van der Waals surface area contributed by atoms with Crippen molar-refractivity contribution in [1.29, 1.82) is 0 Å². The van der Waals surface area contributed by atoms with Crippen LogP contribution in [-0.2, 0) is 19.1 Å². The van der Waals surface area contributed by atoms with Gasteiger partial charge in [0.2, 0.25) is 0 Å². The minimum Gasteiger partial charge on any atom is -0.481 e. The lowest BCUT2D eigenvalue weighted by Crippen LogP contribution is -2.63. The lowest BCUT2D eigenvalue weighted by Gasteiger charge is -2.69. The van der Waals surface area contributed by atoms with Crippen molar-refractivity contribution in [2.24, 2.45) is 62.6 Å². The van der Waals surface area contributed by atoms with Gasteiger partial charge in [-0.3, -0.25) is 14.4 Å². The van der Waals surface area contributed by atoms with E-state index < -0.39 is 11.4 Å². The van der Waals surface area contributed by atoms with Gasteiger partial charge in [-0.05, 0) is 157 Å². The average Bonchev–Trinajstić information content (AvgIpc) is 3.39. The van der Waals surface area contributed by atoms with E-state index in [2.05, 4.69) is 65.4 Å². The first-order valence-corrected chi connectivity index (χ1v) is 22.3. The molecule has 0 aromatic carbocycles. The Bertz CT molecular complexity index is 1440. The van der Waals surface area contributed by atoms with Gasteiger partial charge in [0.05, 0.1) is 11.8 Å². The standard InChI is InChI=1S/C47H78N2O5/c1-31(2)40-35(50)28-47(24-25-49(27-26-48(9)10)30-32-14-12-11-13-15-32)23-18-34-33(41(40)47)16-17-37-45(34,7)21-19-36-44(5,6)38(20-22-46(36,37)8)54-39(51)29-43(3,4)42(52)53/h31-34,36-38H,11-30H2,1-10H3,(H,52,53). The molecule has 8 unspecified atom stereocenters. The third kappa shape index (κ3) is 7.65. The molecule has 0 amide bonds. The molecule has 0 saturated heterocycles. The number of nitrogens with zero attached hydrogens (tertiary/aromatic N) is 2. The molecule has 0 aromatic rings. The molecule has 8 atom stereocenters. The summed E-state index contributed by atoms with van der Waals surface area (Å²) in [6, 6.07) is 0. The second-order valence-electron chi connectivity index (χ2n) is 21.9. The van der Waals surface area contributed by atoms with Gasteiger partial charge in [0.15, 0.2) is 5.78 Å². The Balaban J connectivity index is 1.22. The van der Waals surface area contributed by atoms with Crippen LogP contribution in [0, 0.1) is 62.6 Å². The zero-order valence-electron chi connectivity index (χ0n) is 36.2. The van der Waals surface area contributed by atoms with Crippen LogP contribution in [0.1, 0.15) is 158 Å². The Labute approximate surface area is 329 Å². The number of carboxylic acids is 1. The molecule has 0 aromatic heterocycles. The van der Waals surface area contributed by atoms with Crippen LogP contribution in [0.5, 0.6) is 0 Å². The van der Waals surface area contributed by atoms with Crippen LogP contribution in [0.4, 0.5) is 0 Å². The van der Waals surface area contributed by atoms with E-state index in [4.69, 9.17) is 4.74 Å². The molecule has 306 valence electrons. The van der Waals surface area contributed by atoms with Crippen molar-refractivity contribution in [1.82, 2.24) is 9.80 Å². The van der Waals surface area contributed by atoms with E-state index in [-0.39, 0.29) is 46.1 Å². The fourth-order valence-corrected chi connectivity index (χ4v) is 14.3.